The molecule has 0 radical (unpaired) electrons. The first kappa shape index (κ1) is 14.3. The molecule has 0 saturated carbocycles. The molecule has 2 atom stereocenters. The minimum absolute atomic E-state index is 0.691. The Kier molecular flexibility index (Phi) is 7.50. The number of thioether (sulfide) groups is 1. The summed E-state index contributed by atoms with van der Waals surface area (Å²) in [7, 11) is 0. The zero-order valence-electron chi connectivity index (χ0n) is 11.2. The SMILES string of the molecule is CCN1CCCC(C(C)NCCCSC)C1. The Morgan fingerprint density at radius 3 is 3.00 bits per heavy atom. The number of piperidine rings is 1. The largest absolute Gasteiger partial charge is 0.314 e. The highest BCUT2D eigenvalue weighted by Gasteiger charge is 2.23. The quantitative estimate of drug-likeness (QED) is 0.693. The number of likely N-dealkylation sites (tertiary alicyclic amines) is 1. The average Bonchev–Trinajstić information content (AvgIpc) is 2.34. The van der Waals surface area contributed by atoms with Gasteiger partial charge in [0.05, 0.1) is 0 Å². The molecule has 1 fully saturated rings. The summed E-state index contributed by atoms with van der Waals surface area (Å²) in [5.41, 5.74) is 0. The number of nitrogens with one attached hydrogen (secondary N) is 1. The third-order valence-electron chi connectivity index (χ3n) is 3.69. The van der Waals surface area contributed by atoms with Gasteiger partial charge in [-0.15, -0.1) is 0 Å². The summed E-state index contributed by atoms with van der Waals surface area (Å²) in [6.07, 6.45) is 6.28. The lowest BCUT2D eigenvalue weighted by molar-refractivity contribution is 0.157. The first-order valence-corrected chi connectivity index (χ1v) is 8.12. The molecule has 0 spiro atoms. The Labute approximate surface area is 106 Å². The van der Waals surface area contributed by atoms with Gasteiger partial charge in [-0.1, -0.05) is 6.92 Å². The molecule has 2 nitrogen and oxygen atoms in total. The van der Waals surface area contributed by atoms with Crippen LogP contribution in [0.15, 0.2) is 0 Å². The highest BCUT2D eigenvalue weighted by molar-refractivity contribution is 7.98. The van der Waals surface area contributed by atoms with Crippen molar-refractivity contribution in [3.8, 4) is 0 Å². The monoisotopic (exact) mass is 244 g/mol. The molecule has 0 aromatic heterocycles. The molecule has 1 rings (SSSR count). The number of hydrogen-bond donors (Lipinski definition) is 1. The van der Waals surface area contributed by atoms with E-state index in [0.717, 1.165) is 5.92 Å². The van der Waals surface area contributed by atoms with Crippen molar-refractivity contribution in [1.29, 1.82) is 0 Å². The van der Waals surface area contributed by atoms with E-state index in [1.54, 1.807) is 0 Å². The van der Waals surface area contributed by atoms with Crippen molar-refractivity contribution < 1.29 is 0 Å². The van der Waals surface area contributed by atoms with E-state index < -0.39 is 0 Å². The Hall–Kier alpha value is 0.270. The number of hydrogen-bond acceptors (Lipinski definition) is 3. The molecule has 1 aliphatic heterocycles. The van der Waals surface area contributed by atoms with Gasteiger partial charge in [-0.05, 0) is 63.7 Å². The van der Waals surface area contributed by atoms with Crippen LogP contribution in [0.3, 0.4) is 0 Å². The fraction of sp³-hybridized carbons (Fsp3) is 1.00. The van der Waals surface area contributed by atoms with E-state index >= 15 is 0 Å². The number of rotatable bonds is 7. The molecule has 1 saturated heterocycles. The van der Waals surface area contributed by atoms with Crippen molar-refractivity contribution >= 4 is 11.8 Å². The fourth-order valence-corrected chi connectivity index (χ4v) is 2.93. The van der Waals surface area contributed by atoms with Crippen LogP contribution in [0.2, 0.25) is 0 Å². The lowest BCUT2D eigenvalue weighted by atomic mass is 9.91. The van der Waals surface area contributed by atoms with Crippen molar-refractivity contribution in [2.45, 2.75) is 39.2 Å². The van der Waals surface area contributed by atoms with Gasteiger partial charge in [0.25, 0.3) is 0 Å². The lowest BCUT2D eigenvalue weighted by Crippen LogP contribution is -2.44. The van der Waals surface area contributed by atoms with Gasteiger partial charge in [0.2, 0.25) is 0 Å². The van der Waals surface area contributed by atoms with E-state index in [0.29, 0.717) is 6.04 Å². The Morgan fingerprint density at radius 2 is 2.31 bits per heavy atom. The van der Waals surface area contributed by atoms with Crippen molar-refractivity contribution in [2.75, 3.05) is 38.2 Å². The first-order chi connectivity index (χ1) is 7.77. The molecule has 2 unspecified atom stereocenters. The normalized spacial score (nSPS) is 24.6. The highest BCUT2D eigenvalue weighted by Crippen LogP contribution is 2.19. The molecule has 16 heavy (non-hydrogen) atoms. The molecule has 1 aliphatic rings. The van der Waals surface area contributed by atoms with Crippen LogP contribution >= 0.6 is 11.8 Å². The van der Waals surface area contributed by atoms with Crippen LogP contribution < -0.4 is 5.32 Å². The van der Waals surface area contributed by atoms with Gasteiger partial charge in [-0.2, -0.15) is 11.8 Å². The van der Waals surface area contributed by atoms with Crippen LogP contribution in [-0.2, 0) is 0 Å². The Balaban J connectivity index is 2.16. The van der Waals surface area contributed by atoms with Crippen molar-refractivity contribution in [3.05, 3.63) is 0 Å². The Bertz CT molecular complexity index is 175. The molecule has 0 aliphatic carbocycles. The topological polar surface area (TPSA) is 15.3 Å². The molecule has 0 bridgehead atoms. The molecule has 0 amide bonds. The third-order valence-corrected chi connectivity index (χ3v) is 4.38. The average molecular weight is 244 g/mol. The summed E-state index contributed by atoms with van der Waals surface area (Å²) < 4.78 is 0. The number of nitrogens with zero attached hydrogens (tertiary/aromatic N) is 1. The van der Waals surface area contributed by atoms with E-state index in [1.807, 2.05) is 11.8 Å². The second-order valence-corrected chi connectivity index (χ2v) is 5.87. The molecule has 0 aromatic carbocycles. The van der Waals surface area contributed by atoms with Gasteiger partial charge in [0, 0.05) is 12.6 Å². The first-order valence-electron chi connectivity index (χ1n) is 6.72. The van der Waals surface area contributed by atoms with Crippen LogP contribution in [0.4, 0.5) is 0 Å². The molecule has 3 heteroatoms. The summed E-state index contributed by atoms with van der Waals surface area (Å²) in [6.45, 7) is 9.65. The summed E-state index contributed by atoms with van der Waals surface area (Å²) in [5, 5.41) is 3.69. The molecular formula is C13H28N2S. The smallest absolute Gasteiger partial charge is 0.00792 e. The van der Waals surface area contributed by atoms with Crippen LogP contribution in [0.1, 0.15) is 33.1 Å². The van der Waals surface area contributed by atoms with Crippen molar-refractivity contribution in [1.82, 2.24) is 10.2 Å². The van der Waals surface area contributed by atoms with Gasteiger partial charge >= 0.3 is 0 Å². The summed E-state index contributed by atoms with van der Waals surface area (Å²) in [5.74, 6) is 2.15. The zero-order chi connectivity index (χ0) is 11.8. The maximum atomic E-state index is 3.69. The molecule has 0 aromatic rings. The van der Waals surface area contributed by atoms with Crippen LogP contribution in [0.25, 0.3) is 0 Å². The summed E-state index contributed by atoms with van der Waals surface area (Å²) in [4.78, 5) is 2.59. The van der Waals surface area contributed by atoms with Crippen molar-refractivity contribution in [2.24, 2.45) is 5.92 Å². The minimum Gasteiger partial charge on any atom is -0.314 e. The maximum Gasteiger partial charge on any atom is 0.00792 e. The standard InChI is InChI=1S/C13H28N2S/c1-4-15-9-5-7-13(11-15)12(2)14-8-6-10-16-3/h12-14H,4-11H2,1-3H3. The third kappa shape index (κ3) is 5.07. The van der Waals surface area contributed by atoms with Gasteiger partial charge in [0.1, 0.15) is 0 Å². The van der Waals surface area contributed by atoms with Gasteiger partial charge in [-0.25, -0.2) is 0 Å². The van der Waals surface area contributed by atoms with Crippen LogP contribution in [0.5, 0.6) is 0 Å². The molecule has 96 valence electrons. The van der Waals surface area contributed by atoms with E-state index in [-0.39, 0.29) is 0 Å². The fourth-order valence-electron chi connectivity index (χ4n) is 2.50. The van der Waals surface area contributed by atoms with Gasteiger partial charge in [0.15, 0.2) is 0 Å². The second-order valence-electron chi connectivity index (χ2n) is 4.88. The van der Waals surface area contributed by atoms with E-state index in [4.69, 9.17) is 0 Å². The minimum atomic E-state index is 0.691. The molecule has 1 N–H and O–H groups in total. The van der Waals surface area contributed by atoms with Crippen molar-refractivity contribution in [3.63, 3.8) is 0 Å². The van der Waals surface area contributed by atoms with Crippen LogP contribution in [-0.4, -0.2) is 49.1 Å². The van der Waals surface area contributed by atoms with E-state index in [1.165, 1.54) is 51.2 Å². The predicted octanol–water partition coefficient (Wildman–Crippen LogP) is 2.45. The predicted molar refractivity (Wildman–Crippen MR) is 75.3 cm³/mol. The molecule has 1 heterocycles. The highest BCUT2D eigenvalue weighted by atomic mass is 32.2. The van der Waals surface area contributed by atoms with Gasteiger partial charge in [-0.3, -0.25) is 0 Å². The maximum absolute atomic E-state index is 3.69. The summed E-state index contributed by atoms with van der Waals surface area (Å²) >= 11 is 1.94. The van der Waals surface area contributed by atoms with Gasteiger partial charge < -0.3 is 10.2 Å². The molecular weight excluding hydrogens is 216 g/mol. The zero-order valence-corrected chi connectivity index (χ0v) is 12.0. The van der Waals surface area contributed by atoms with E-state index in [2.05, 4.69) is 30.3 Å². The lowest BCUT2D eigenvalue weighted by Gasteiger charge is -2.35. The second kappa shape index (κ2) is 8.37. The van der Waals surface area contributed by atoms with E-state index in [9.17, 15) is 0 Å². The summed E-state index contributed by atoms with van der Waals surface area (Å²) in [6, 6.07) is 0.691. The Morgan fingerprint density at radius 1 is 1.50 bits per heavy atom. The van der Waals surface area contributed by atoms with Crippen LogP contribution in [0, 0.1) is 5.92 Å².